The minimum absolute atomic E-state index is 0.0186. The number of rotatable bonds is 3. The molecule has 0 spiro atoms. The summed E-state index contributed by atoms with van der Waals surface area (Å²) in [5.41, 5.74) is 4.32. The molecule has 0 unspecified atom stereocenters. The molecule has 142 valence electrons. The lowest BCUT2D eigenvalue weighted by atomic mass is 10.0. The van der Waals surface area contributed by atoms with Crippen LogP contribution in [0.15, 0.2) is 41.7 Å². The topological polar surface area (TPSA) is 77.5 Å². The van der Waals surface area contributed by atoms with Gasteiger partial charge in [-0.2, -0.15) is 5.10 Å². The number of carbonyl (C=O) groups is 1. The number of hydrogen-bond acceptors (Lipinski definition) is 4. The van der Waals surface area contributed by atoms with E-state index in [1.165, 1.54) is 0 Å². The molecule has 4 heterocycles. The lowest BCUT2D eigenvalue weighted by molar-refractivity contribution is -0.121. The number of carbonyl (C=O) groups excluding carboxylic acids is 1. The highest BCUT2D eigenvalue weighted by atomic mass is 16.2. The molecule has 3 aromatic rings. The fourth-order valence-corrected chi connectivity index (χ4v) is 4.33. The quantitative estimate of drug-likeness (QED) is 0.564. The number of H-pyrrole nitrogens is 1. The molecule has 7 nitrogen and oxygen atoms in total. The van der Waals surface area contributed by atoms with Gasteiger partial charge < -0.3 is 4.90 Å². The van der Waals surface area contributed by atoms with E-state index in [0.717, 1.165) is 59.3 Å². The molecule has 1 amide bonds. The number of anilines is 1. The van der Waals surface area contributed by atoms with Gasteiger partial charge in [-0.15, -0.1) is 0 Å². The Morgan fingerprint density at radius 3 is 3.14 bits per heavy atom. The minimum Gasteiger partial charge on any atom is -0.362 e. The number of nitrogens with zero attached hydrogens (tertiary/aromatic N) is 5. The van der Waals surface area contributed by atoms with Crippen LogP contribution in [0.3, 0.4) is 0 Å². The molecule has 1 aromatic carbocycles. The summed E-state index contributed by atoms with van der Waals surface area (Å²) in [6.45, 7) is 2.33. The summed E-state index contributed by atoms with van der Waals surface area (Å²) >= 11 is 0. The van der Waals surface area contributed by atoms with Gasteiger partial charge in [-0.25, -0.2) is 4.98 Å². The standard InChI is InChI=1S/C21H22N6O/c1-22-13-26-7-5-15(12-26)21(28)27-8-6-14-9-16(10-23-20(14)27)17-3-2-4-19-18(17)11-24-25-19/h2-4,9-11,13,15H,5-8,12H2,1H3,(H,24,25)/b22-13-/t15-/m0/s1. The summed E-state index contributed by atoms with van der Waals surface area (Å²) in [4.78, 5) is 25.8. The zero-order chi connectivity index (χ0) is 19.1. The van der Waals surface area contributed by atoms with Gasteiger partial charge in [0.1, 0.15) is 5.82 Å². The van der Waals surface area contributed by atoms with E-state index in [1.807, 2.05) is 35.8 Å². The summed E-state index contributed by atoms with van der Waals surface area (Å²) in [6.07, 6.45) is 7.26. The Bertz CT molecular complexity index is 1070. The van der Waals surface area contributed by atoms with E-state index in [4.69, 9.17) is 4.98 Å². The van der Waals surface area contributed by atoms with Crippen molar-refractivity contribution in [3.63, 3.8) is 0 Å². The van der Waals surface area contributed by atoms with Gasteiger partial charge >= 0.3 is 0 Å². The van der Waals surface area contributed by atoms with Gasteiger partial charge in [-0.3, -0.25) is 19.8 Å². The van der Waals surface area contributed by atoms with Crippen LogP contribution in [0.4, 0.5) is 5.82 Å². The van der Waals surface area contributed by atoms with Crippen molar-refractivity contribution in [3.05, 3.63) is 42.2 Å². The smallest absolute Gasteiger partial charge is 0.233 e. The number of aliphatic imine (C=N–C) groups is 1. The molecule has 0 bridgehead atoms. The number of aromatic nitrogens is 3. The maximum Gasteiger partial charge on any atom is 0.233 e. The molecule has 0 aliphatic carbocycles. The Kier molecular flexibility index (Phi) is 4.07. The largest absolute Gasteiger partial charge is 0.362 e. The van der Waals surface area contributed by atoms with E-state index in [0.29, 0.717) is 6.54 Å². The molecular weight excluding hydrogens is 352 g/mol. The second-order valence-corrected chi connectivity index (χ2v) is 7.44. The van der Waals surface area contributed by atoms with Crippen LogP contribution in [0, 0.1) is 5.92 Å². The van der Waals surface area contributed by atoms with Gasteiger partial charge in [0.15, 0.2) is 0 Å². The van der Waals surface area contributed by atoms with E-state index in [2.05, 4.69) is 32.2 Å². The highest BCUT2D eigenvalue weighted by Gasteiger charge is 2.34. The molecule has 1 atom stereocenters. The first-order valence-corrected chi connectivity index (χ1v) is 9.63. The van der Waals surface area contributed by atoms with E-state index < -0.39 is 0 Å². The second-order valence-electron chi connectivity index (χ2n) is 7.44. The van der Waals surface area contributed by atoms with Crippen molar-refractivity contribution in [1.82, 2.24) is 20.1 Å². The number of hydrogen-bond donors (Lipinski definition) is 1. The van der Waals surface area contributed by atoms with Gasteiger partial charge in [0.25, 0.3) is 0 Å². The average Bonchev–Trinajstić information content (AvgIpc) is 3.46. The fraction of sp³-hybridized carbons (Fsp3) is 0.333. The van der Waals surface area contributed by atoms with Crippen LogP contribution in [0.1, 0.15) is 12.0 Å². The number of likely N-dealkylation sites (tertiary alicyclic amines) is 1. The highest BCUT2D eigenvalue weighted by molar-refractivity contribution is 5.98. The number of benzene rings is 1. The zero-order valence-electron chi connectivity index (χ0n) is 15.8. The van der Waals surface area contributed by atoms with Crippen molar-refractivity contribution in [1.29, 1.82) is 0 Å². The Balaban J connectivity index is 1.41. The molecule has 0 radical (unpaired) electrons. The molecule has 28 heavy (non-hydrogen) atoms. The predicted octanol–water partition coefficient (Wildman–Crippen LogP) is 2.49. The van der Waals surface area contributed by atoms with Gasteiger partial charge in [-0.1, -0.05) is 12.1 Å². The van der Waals surface area contributed by atoms with Crippen LogP contribution >= 0.6 is 0 Å². The molecule has 2 aliphatic rings. The first-order valence-electron chi connectivity index (χ1n) is 9.63. The van der Waals surface area contributed by atoms with Crippen molar-refractivity contribution in [2.24, 2.45) is 10.9 Å². The zero-order valence-corrected chi connectivity index (χ0v) is 15.8. The fourth-order valence-electron chi connectivity index (χ4n) is 4.33. The normalized spacial score (nSPS) is 19.1. The summed E-state index contributed by atoms with van der Waals surface area (Å²) in [6, 6.07) is 8.29. The van der Waals surface area contributed by atoms with Crippen LogP contribution in [0.25, 0.3) is 22.0 Å². The first kappa shape index (κ1) is 16.9. The third-order valence-corrected chi connectivity index (χ3v) is 5.71. The van der Waals surface area contributed by atoms with Crippen LogP contribution < -0.4 is 4.90 Å². The number of amides is 1. The van der Waals surface area contributed by atoms with Crippen LogP contribution in [-0.2, 0) is 11.2 Å². The molecule has 7 heteroatoms. The molecule has 2 aliphatic heterocycles. The van der Waals surface area contributed by atoms with E-state index in [9.17, 15) is 4.79 Å². The lowest BCUT2D eigenvalue weighted by Gasteiger charge is -2.20. The average molecular weight is 374 g/mol. The minimum atomic E-state index is 0.0186. The Morgan fingerprint density at radius 1 is 1.32 bits per heavy atom. The van der Waals surface area contributed by atoms with Gasteiger partial charge in [0.2, 0.25) is 5.91 Å². The van der Waals surface area contributed by atoms with Crippen LogP contribution in [0.5, 0.6) is 0 Å². The molecular formula is C21H22N6O. The third-order valence-electron chi connectivity index (χ3n) is 5.71. The van der Waals surface area contributed by atoms with Gasteiger partial charge in [0, 0.05) is 43.8 Å². The maximum absolute atomic E-state index is 13.1. The number of fused-ring (bicyclic) bond motifs is 2. The van der Waals surface area contributed by atoms with E-state index in [1.54, 1.807) is 7.05 Å². The van der Waals surface area contributed by atoms with Crippen molar-refractivity contribution in [2.45, 2.75) is 12.8 Å². The lowest BCUT2D eigenvalue weighted by Crippen LogP contribution is -2.36. The van der Waals surface area contributed by atoms with Gasteiger partial charge in [0.05, 0.1) is 24.0 Å². The molecule has 1 fully saturated rings. The van der Waals surface area contributed by atoms with Gasteiger partial charge in [-0.05, 0) is 36.1 Å². The molecule has 0 saturated carbocycles. The highest BCUT2D eigenvalue weighted by Crippen LogP contribution is 2.34. The van der Waals surface area contributed by atoms with Crippen molar-refractivity contribution >= 4 is 29.0 Å². The molecule has 1 saturated heterocycles. The maximum atomic E-state index is 13.1. The van der Waals surface area contributed by atoms with Crippen molar-refractivity contribution < 1.29 is 4.79 Å². The first-order chi connectivity index (χ1) is 13.7. The van der Waals surface area contributed by atoms with E-state index >= 15 is 0 Å². The molecule has 1 N–H and O–H groups in total. The van der Waals surface area contributed by atoms with E-state index in [-0.39, 0.29) is 11.8 Å². The molecule has 2 aromatic heterocycles. The van der Waals surface area contributed by atoms with Crippen molar-refractivity contribution in [3.8, 4) is 11.1 Å². The van der Waals surface area contributed by atoms with Crippen LogP contribution in [0.2, 0.25) is 0 Å². The predicted molar refractivity (Wildman–Crippen MR) is 109 cm³/mol. The summed E-state index contributed by atoms with van der Waals surface area (Å²) in [5, 5.41) is 8.24. The second kappa shape index (κ2) is 6.74. The van der Waals surface area contributed by atoms with Crippen LogP contribution in [-0.4, -0.2) is 59.0 Å². The Hall–Kier alpha value is -3.22. The molecule has 5 rings (SSSR count). The monoisotopic (exact) mass is 374 g/mol. The Morgan fingerprint density at radius 2 is 2.25 bits per heavy atom. The summed E-state index contributed by atoms with van der Waals surface area (Å²) in [5.74, 6) is 1.02. The Labute approximate surface area is 163 Å². The number of aromatic amines is 1. The number of pyridine rings is 1. The summed E-state index contributed by atoms with van der Waals surface area (Å²) < 4.78 is 0. The summed E-state index contributed by atoms with van der Waals surface area (Å²) in [7, 11) is 1.76. The number of nitrogens with one attached hydrogen (secondary N) is 1. The SMILES string of the molecule is C/N=C\N1CC[C@H](C(=O)N2CCc3cc(-c4cccc5[nH]ncc45)cnc32)C1. The third kappa shape index (κ3) is 2.74. The van der Waals surface area contributed by atoms with Crippen molar-refractivity contribution in [2.75, 3.05) is 31.6 Å².